The Kier molecular flexibility index (Phi) is 4.76. The van der Waals surface area contributed by atoms with Crippen molar-refractivity contribution in [3.8, 4) is 0 Å². The van der Waals surface area contributed by atoms with Crippen LogP contribution in [0.15, 0.2) is 29.4 Å². The van der Waals surface area contributed by atoms with Crippen LogP contribution in [0.2, 0.25) is 0 Å². The number of rotatable bonds is 4. The highest BCUT2D eigenvalue weighted by atomic mass is 16.6. The largest absolute Gasteiger partial charge is 0.397 e. The van der Waals surface area contributed by atoms with Crippen molar-refractivity contribution in [1.82, 2.24) is 9.80 Å². The molecule has 8 nitrogen and oxygen atoms in total. The Labute approximate surface area is 153 Å². The van der Waals surface area contributed by atoms with E-state index in [1.165, 1.54) is 7.11 Å². The quantitative estimate of drug-likeness (QED) is 0.497. The number of carbonyl (C=O) groups is 2. The summed E-state index contributed by atoms with van der Waals surface area (Å²) in [7, 11) is 5.26. The summed E-state index contributed by atoms with van der Waals surface area (Å²) in [6.07, 6.45) is 2.42. The minimum Gasteiger partial charge on any atom is -0.397 e. The number of nitrogens with two attached hydrogens (primary N) is 1. The van der Waals surface area contributed by atoms with Crippen LogP contribution in [0.5, 0.6) is 0 Å². The lowest BCUT2D eigenvalue weighted by atomic mass is 9.87. The van der Waals surface area contributed by atoms with Gasteiger partial charge in [-0.1, -0.05) is 5.16 Å². The van der Waals surface area contributed by atoms with Crippen LogP contribution >= 0.6 is 0 Å². The van der Waals surface area contributed by atoms with Crippen molar-refractivity contribution < 1.29 is 14.4 Å². The van der Waals surface area contributed by atoms with E-state index in [9.17, 15) is 9.59 Å². The molecule has 2 aliphatic rings. The number of carbonyl (C=O) groups excluding carboxylic acids is 2. The Morgan fingerprint density at radius 3 is 2.50 bits per heavy atom. The minimum absolute atomic E-state index is 0.158. The van der Waals surface area contributed by atoms with E-state index in [1.54, 1.807) is 9.80 Å². The third-order valence-corrected chi connectivity index (χ3v) is 5.12. The summed E-state index contributed by atoms with van der Waals surface area (Å²) < 4.78 is 0. The SMILES string of the molecule is CON=C(c1ccc(N2C[C@@]3(C(N)=O)CCCCN3C2=O)cc1)N(C)C. The van der Waals surface area contributed by atoms with E-state index >= 15 is 0 Å². The van der Waals surface area contributed by atoms with Crippen LogP contribution in [0, 0.1) is 0 Å². The van der Waals surface area contributed by atoms with Gasteiger partial charge in [0.15, 0.2) is 5.84 Å². The predicted octanol–water partition coefficient (Wildman–Crippen LogP) is 1.21. The summed E-state index contributed by atoms with van der Waals surface area (Å²) in [5.74, 6) is 0.254. The van der Waals surface area contributed by atoms with Crippen molar-refractivity contribution in [1.29, 1.82) is 0 Å². The minimum atomic E-state index is -0.889. The summed E-state index contributed by atoms with van der Waals surface area (Å²) in [5, 5.41) is 4.02. The van der Waals surface area contributed by atoms with E-state index in [2.05, 4.69) is 5.16 Å². The maximum Gasteiger partial charge on any atom is 0.325 e. The number of piperidine rings is 1. The second-order valence-corrected chi connectivity index (χ2v) is 6.91. The molecule has 2 N–H and O–H groups in total. The Balaban J connectivity index is 1.89. The average Bonchev–Trinajstić information content (AvgIpc) is 2.94. The third kappa shape index (κ3) is 2.85. The number of nitrogens with zero attached hydrogens (tertiary/aromatic N) is 4. The predicted molar refractivity (Wildman–Crippen MR) is 98.9 cm³/mol. The van der Waals surface area contributed by atoms with Crippen molar-refractivity contribution in [2.45, 2.75) is 24.8 Å². The first kappa shape index (κ1) is 18.0. The van der Waals surface area contributed by atoms with E-state index in [1.807, 2.05) is 43.3 Å². The van der Waals surface area contributed by atoms with Gasteiger partial charge in [-0.3, -0.25) is 9.69 Å². The van der Waals surface area contributed by atoms with Crippen LogP contribution < -0.4 is 10.6 Å². The number of hydrogen-bond donors (Lipinski definition) is 1. The molecule has 1 atom stereocenters. The standard InChI is InChI=1S/C18H25N5O3/c1-21(2)15(20-26-3)13-6-8-14(9-7-13)22-12-18(16(19)24)10-4-5-11-23(18)17(22)25/h6-9H,4-5,10-12H2,1-3H3,(H2,19,24)/t18-/m1/s1. The number of oxime groups is 1. The fourth-order valence-electron chi connectivity index (χ4n) is 3.76. The zero-order valence-electron chi connectivity index (χ0n) is 15.4. The summed E-state index contributed by atoms with van der Waals surface area (Å²) in [5.41, 5.74) is 6.40. The van der Waals surface area contributed by atoms with Gasteiger partial charge >= 0.3 is 6.03 Å². The molecule has 140 valence electrons. The molecule has 0 aromatic heterocycles. The van der Waals surface area contributed by atoms with Gasteiger partial charge in [0.1, 0.15) is 12.6 Å². The Morgan fingerprint density at radius 2 is 1.96 bits per heavy atom. The highest BCUT2D eigenvalue weighted by molar-refractivity contribution is 6.03. The fourth-order valence-corrected chi connectivity index (χ4v) is 3.76. The maximum atomic E-state index is 12.9. The van der Waals surface area contributed by atoms with Gasteiger partial charge in [0.05, 0.1) is 6.54 Å². The number of anilines is 1. The van der Waals surface area contributed by atoms with E-state index in [0.29, 0.717) is 25.3 Å². The molecule has 1 aromatic carbocycles. The third-order valence-electron chi connectivity index (χ3n) is 5.12. The number of amides is 3. The molecule has 2 fully saturated rings. The van der Waals surface area contributed by atoms with Crippen LogP contribution in [0.3, 0.4) is 0 Å². The smallest absolute Gasteiger partial charge is 0.325 e. The molecular weight excluding hydrogens is 334 g/mol. The molecular formula is C18H25N5O3. The van der Waals surface area contributed by atoms with E-state index in [0.717, 1.165) is 24.1 Å². The van der Waals surface area contributed by atoms with Crippen LogP contribution in [0.4, 0.5) is 10.5 Å². The van der Waals surface area contributed by atoms with Gasteiger partial charge in [0.2, 0.25) is 5.91 Å². The first-order valence-electron chi connectivity index (χ1n) is 8.68. The Hall–Kier alpha value is -2.77. The average molecular weight is 359 g/mol. The number of primary amides is 1. The number of amidine groups is 1. The molecule has 3 amide bonds. The molecule has 2 saturated heterocycles. The molecule has 0 spiro atoms. The summed E-state index contributed by atoms with van der Waals surface area (Å²) >= 11 is 0. The second-order valence-electron chi connectivity index (χ2n) is 6.91. The highest BCUT2D eigenvalue weighted by Crippen LogP contribution is 2.37. The van der Waals surface area contributed by atoms with Crippen LogP contribution in [0.1, 0.15) is 24.8 Å². The summed E-state index contributed by atoms with van der Waals surface area (Å²) in [6.45, 7) is 0.870. The molecule has 3 rings (SSSR count). The maximum absolute atomic E-state index is 12.9. The Bertz CT molecular complexity index is 731. The van der Waals surface area contributed by atoms with Gasteiger partial charge < -0.3 is 20.4 Å². The van der Waals surface area contributed by atoms with Crippen molar-refractivity contribution in [2.75, 3.05) is 39.2 Å². The number of benzene rings is 1. The van der Waals surface area contributed by atoms with Crippen molar-refractivity contribution >= 4 is 23.5 Å². The lowest BCUT2D eigenvalue weighted by Gasteiger charge is -2.37. The van der Waals surface area contributed by atoms with Crippen LogP contribution in [-0.4, -0.2) is 67.4 Å². The van der Waals surface area contributed by atoms with E-state index in [-0.39, 0.29) is 6.03 Å². The van der Waals surface area contributed by atoms with Crippen molar-refractivity contribution in [2.24, 2.45) is 10.9 Å². The normalized spacial score (nSPS) is 23.0. The molecule has 8 heteroatoms. The lowest BCUT2D eigenvalue weighted by molar-refractivity contribution is -0.128. The van der Waals surface area contributed by atoms with Crippen LogP contribution in [0.25, 0.3) is 0 Å². The first-order chi connectivity index (χ1) is 12.4. The van der Waals surface area contributed by atoms with Gasteiger partial charge in [-0.15, -0.1) is 0 Å². The van der Waals surface area contributed by atoms with Gasteiger partial charge in [-0.25, -0.2) is 4.79 Å². The summed E-state index contributed by atoms with van der Waals surface area (Å²) in [6, 6.07) is 7.32. The summed E-state index contributed by atoms with van der Waals surface area (Å²) in [4.78, 5) is 35.0. The molecule has 1 aromatic rings. The van der Waals surface area contributed by atoms with E-state index in [4.69, 9.17) is 10.6 Å². The lowest BCUT2D eigenvalue weighted by Crippen LogP contribution is -2.58. The molecule has 26 heavy (non-hydrogen) atoms. The zero-order chi connectivity index (χ0) is 18.9. The second kappa shape index (κ2) is 6.86. The highest BCUT2D eigenvalue weighted by Gasteiger charge is 2.54. The molecule has 0 aliphatic carbocycles. The van der Waals surface area contributed by atoms with Crippen molar-refractivity contribution in [3.05, 3.63) is 29.8 Å². The molecule has 0 radical (unpaired) electrons. The van der Waals surface area contributed by atoms with Crippen LogP contribution in [-0.2, 0) is 9.63 Å². The molecule has 2 heterocycles. The topological polar surface area (TPSA) is 91.5 Å². The molecule has 0 unspecified atom stereocenters. The number of urea groups is 1. The Morgan fingerprint density at radius 1 is 1.27 bits per heavy atom. The van der Waals surface area contributed by atoms with Crippen molar-refractivity contribution in [3.63, 3.8) is 0 Å². The number of hydrogen-bond acceptors (Lipinski definition) is 4. The van der Waals surface area contributed by atoms with E-state index < -0.39 is 11.4 Å². The van der Waals surface area contributed by atoms with Gasteiger partial charge in [-0.05, 0) is 43.5 Å². The fraction of sp³-hybridized carbons (Fsp3) is 0.500. The molecule has 0 bridgehead atoms. The molecule has 2 aliphatic heterocycles. The van der Waals surface area contributed by atoms with Gasteiger partial charge in [-0.2, -0.15) is 0 Å². The first-order valence-corrected chi connectivity index (χ1v) is 8.68. The molecule has 0 saturated carbocycles. The zero-order valence-corrected chi connectivity index (χ0v) is 15.4. The van der Waals surface area contributed by atoms with Gasteiger partial charge in [0, 0.05) is 31.9 Å². The van der Waals surface area contributed by atoms with Gasteiger partial charge in [0.25, 0.3) is 0 Å². The number of fused-ring (bicyclic) bond motifs is 1. The monoisotopic (exact) mass is 359 g/mol.